The molecule has 2 aliphatic carbocycles. The second-order valence-electron chi connectivity index (χ2n) is 17.9. The van der Waals surface area contributed by atoms with Crippen molar-refractivity contribution in [2.75, 3.05) is 29.6 Å². The van der Waals surface area contributed by atoms with Gasteiger partial charge in [0.25, 0.3) is 0 Å². The SMILES string of the molecule is CC[C@H](CNc1cc(OCc2cc(COc3cc(NC(=CC(C)CC4=C(C)C=CCC4)S(=O)(=O)O)c(C(C)=O)cc3OC)cc(NC(C)C)c2)c(C)cc1C(C)=O)CC1=C(C)C=CCC1. The van der Waals surface area contributed by atoms with Crippen molar-refractivity contribution >= 4 is 38.7 Å². The number of ether oxygens (including phenoxy) is 3. The van der Waals surface area contributed by atoms with Gasteiger partial charge in [-0.1, -0.05) is 66.9 Å². The molecule has 65 heavy (non-hydrogen) atoms. The lowest BCUT2D eigenvalue weighted by Crippen LogP contribution is -2.17. The van der Waals surface area contributed by atoms with Crippen molar-refractivity contribution < 1.29 is 36.8 Å². The number of methoxy groups -OCH3 is 1. The maximum atomic E-state index is 12.9. The van der Waals surface area contributed by atoms with Gasteiger partial charge in [0.05, 0.1) is 12.8 Å². The van der Waals surface area contributed by atoms with Crippen LogP contribution in [0.2, 0.25) is 0 Å². The van der Waals surface area contributed by atoms with E-state index in [1.54, 1.807) is 6.92 Å². The molecule has 0 aromatic heterocycles. The summed E-state index contributed by atoms with van der Waals surface area (Å²) in [5.41, 5.74) is 10.3. The van der Waals surface area contributed by atoms with E-state index in [4.69, 9.17) is 14.2 Å². The van der Waals surface area contributed by atoms with Gasteiger partial charge in [-0.15, -0.1) is 0 Å². The Bertz CT molecular complexity index is 2500. The molecule has 12 heteroatoms. The van der Waals surface area contributed by atoms with Gasteiger partial charge in [0.1, 0.15) is 19.0 Å². The molecular formula is C53H69N3O8S. The number of hydrogen-bond donors (Lipinski definition) is 4. The van der Waals surface area contributed by atoms with E-state index >= 15 is 0 Å². The molecule has 2 atom stereocenters. The lowest BCUT2D eigenvalue weighted by Gasteiger charge is -2.22. The van der Waals surface area contributed by atoms with Crippen molar-refractivity contribution in [3.8, 4) is 17.2 Å². The highest BCUT2D eigenvalue weighted by Gasteiger charge is 2.23. The molecule has 2 aliphatic rings. The fourth-order valence-electron chi connectivity index (χ4n) is 8.36. The standard InChI is InChI=1S/C53H69N3O8S/c1-11-40(24-44-19-15-13-17-36(44)6)30-54-48-28-50(37(7)22-46(48)38(8)57)63-31-41-23-42(26-45(25-41)55-33(2)3)32-64-52-29-49(47(39(9)58)27-51(52)62-10)56-53(65(59,60)61)21-34(4)20-43-18-14-12-16-35(43)5/h12-13,16-17,21-23,25-29,33-34,40,54-56H,11,14-15,18-20,24,30-32H2,1-10H3,(H,59,60,61)/t34?,40-/m0/s1. The van der Waals surface area contributed by atoms with Crippen molar-refractivity contribution in [3.05, 3.63) is 128 Å². The van der Waals surface area contributed by atoms with Crippen LogP contribution in [0.5, 0.6) is 17.2 Å². The predicted molar refractivity (Wildman–Crippen MR) is 264 cm³/mol. The third kappa shape index (κ3) is 14.5. The summed E-state index contributed by atoms with van der Waals surface area (Å²) in [6.45, 7) is 18.4. The van der Waals surface area contributed by atoms with Crippen LogP contribution in [0.3, 0.4) is 0 Å². The van der Waals surface area contributed by atoms with Crippen molar-refractivity contribution in [3.63, 3.8) is 0 Å². The van der Waals surface area contributed by atoms with Crippen LogP contribution in [0.15, 0.2) is 100 Å². The lowest BCUT2D eigenvalue weighted by molar-refractivity contribution is 0.100. The van der Waals surface area contributed by atoms with Gasteiger partial charge in [0.15, 0.2) is 28.1 Å². The molecule has 11 nitrogen and oxygen atoms in total. The van der Waals surface area contributed by atoms with E-state index in [1.807, 2.05) is 51.1 Å². The first-order valence-electron chi connectivity index (χ1n) is 22.8. The quantitative estimate of drug-likeness (QED) is 0.0531. The first-order chi connectivity index (χ1) is 30.8. The van der Waals surface area contributed by atoms with Gasteiger partial charge < -0.3 is 30.2 Å². The van der Waals surface area contributed by atoms with Crippen LogP contribution in [0.1, 0.15) is 138 Å². The van der Waals surface area contributed by atoms with E-state index in [1.165, 1.54) is 49.0 Å². The Morgan fingerprint density at radius 1 is 0.769 bits per heavy atom. The third-order valence-corrected chi connectivity index (χ3v) is 12.8. The van der Waals surface area contributed by atoms with E-state index in [0.717, 1.165) is 78.7 Å². The second-order valence-corrected chi connectivity index (χ2v) is 19.3. The predicted octanol–water partition coefficient (Wildman–Crippen LogP) is 12.7. The third-order valence-electron chi connectivity index (χ3n) is 12.0. The van der Waals surface area contributed by atoms with Crippen molar-refractivity contribution in [1.29, 1.82) is 0 Å². The van der Waals surface area contributed by atoms with Gasteiger partial charge in [0.2, 0.25) is 0 Å². The molecule has 3 aromatic carbocycles. The van der Waals surface area contributed by atoms with E-state index in [0.29, 0.717) is 23.7 Å². The number of nitrogens with one attached hydrogen (secondary N) is 3. The molecule has 0 heterocycles. The Balaban J connectivity index is 1.38. The summed E-state index contributed by atoms with van der Waals surface area (Å²) in [5, 5.41) is 9.51. The summed E-state index contributed by atoms with van der Waals surface area (Å²) in [4.78, 5) is 25.7. The maximum absolute atomic E-state index is 12.9. The molecule has 4 N–H and O–H groups in total. The largest absolute Gasteiger partial charge is 0.493 e. The fraction of sp³-hybridized carbons (Fsp3) is 0.434. The zero-order valence-corrected chi connectivity index (χ0v) is 40.8. The molecule has 0 radical (unpaired) electrons. The number of anilines is 3. The fourth-order valence-corrected chi connectivity index (χ4v) is 9.01. The smallest absolute Gasteiger partial charge is 0.309 e. The highest BCUT2D eigenvalue weighted by Crippen LogP contribution is 2.37. The van der Waals surface area contributed by atoms with Crippen LogP contribution in [0, 0.1) is 18.8 Å². The minimum Gasteiger partial charge on any atom is -0.493 e. The van der Waals surface area contributed by atoms with Crippen LogP contribution in [-0.4, -0.2) is 44.2 Å². The Hall–Kier alpha value is -5.59. The average Bonchev–Trinajstić information content (AvgIpc) is 3.24. The zero-order chi connectivity index (χ0) is 47.4. The Kier molecular flexibility index (Phi) is 17.9. The number of rotatable bonds is 23. The molecule has 0 amide bonds. The second kappa shape index (κ2) is 23.0. The number of benzene rings is 3. The zero-order valence-electron chi connectivity index (χ0n) is 39.9. The van der Waals surface area contributed by atoms with Crippen LogP contribution in [0.25, 0.3) is 0 Å². The average molecular weight is 908 g/mol. The number of aryl methyl sites for hydroxylation is 1. The summed E-state index contributed by atoms with van der Waals surface area (Å²) in [7, 11) is -3.25. The molecule has 5 rings (SSSR count). The van der Waals surface area contributed by atoms with E-state index in [2.05, 4.69) is 67.9 Å². The first-order valence-corrected chi connectivity index (χ1v) is 24.2. The van der Waals surface area contributed by atoms with Gasteiger partial charge >= 0.3 is 10.1 Å². The summed E-state index contributed by atoms with van der Waals surface area (Å²) in [6.07, 6.45) is 16.8. The van der Waals surface area contributed by atoms with Gasteiger partial charge in [-0.25, -0.2) is 0 Å². The number of hydrogen-bond acceptors (Lipinski definition) is 10. The van der Waals surface area contributed by atoms with Gasteiger partial charge in [-0.2, -0.15) is 8.42 Å². The summed E-state index contributed by atoms with van der Waals surface area (Å²) < 4.78 is 54.4. The van der Waals surface area contributed by atoms with Crippen molar-refractivity contribution in [2.24, 2.45) is 11.8 Å². The Morgan fingerprint density at radius 2 is 1.34 bits per heavy atom. The molecule has 350 valence electrons. The molecule has 0 fully saturated rings. The molecule has 0 saturated heterocycles. The lowest BCUT2D eigenvalue weighted by atomic mass is 9.88. The molecule has 1 unspecified atom stereocenters. The van der Waals surface area contributed by atoms with E-state index in [9.17, 15) is 22.6 Å². The summed E-state index contributed by atoms with van der Waals surface area (Å²) in [6, 6.07) is 13.0. The van der Waals surface area contributed by atoms with Crippen molar-refractivity contribution in [1.82, 2.24) is 0 Å². The topological polar surface area (TPSA) is 152 Å². The van der Waals surface area contributed by atoms with E-state index in [-0.39, 0.29) is 59.5 Å². The Labute approximate surface area is 387 Å². The normalized spacial score (nSPS) is 15.2. The van der Waals surface area contributed by atoms with Crippen molar-refractivity contribution in [2.45, 2.75) is 127 Å². The molecule has 0 saturated carbocycles. The highest BCUT2D eigenvalue weighted by atomic mass is 32.2. The molecule has 0 aliphatic heterocycles. The first kappa shape index (κ1) is 50.4. The monoisotopic (exact) mass is 907 g/mol. The van der Waals surface area contributed by atoms with Crippen LogP contribution >= 0.6 is 0 Å². The van der Waals surface area contributed by atoms with Crippen LogP contribution < -0.4 is 30.2 Å². The van der Waals surface area contributed by atoms with Crippen LogP contribution in [0.4, 0.5) is 17.1 Å². The summed E-state index contributed by atoms with van der Waals surface area (Å²) in [5.74, 6) is 1.02. The van der Waals surface area contributed by atoms with Gasteiger partial charge in [-0.3, -0.25) is 14.1 Å². The van der Waals surface area contributed by atoms with Gasteiger partial charge in [-0.05, 0) is 152 Å². The molecular weight excluding hydrogens is 839 g/mol. The molecule has 3 aromatic rings. The van der Waals surface area contributed by atoms with Gasteiger partial charge in [0, 0.05) is 47.2 Å². The Morgan fingerprint density at radius 3 is 1.88 bits per heavy atom. The minimum absolute atomic E-state index is 0.0142. The van der Waals surface area contributed by atoms with E-state index < -0.39 is 15.1 Å². The summed E-state index contributed by atoms with van der Waals surface area (Å²) >= 11 is 0. The minimum atomic E-state index is -4.71. The highest BCUT2D eigenvalue weighted by molar-refractivity contribution is 7.89. The van der Waals surface area contributed by atoms with Crippen LogP contribution in [-0.2, 0) is 23.3 Å². The number of allylic oxidation sites excluding steroid dienone is 9. The maximum Gasteiger partial charge on any atom is 0.309 e. The number of Topliss-reactive ketones (excluding diaryl/α,β-unsaturated/α-hetero) is 2. The molecule has 0 bridgehead atoms. The number of carbonyl (C=O) groups excluding carboxylic acids is 2. The number of carbonyl (C=O) groups is 2. The molecule has 0 spiro atoms. The number of ketones is 2.